The monoisotopic (exact) mass is 413 g/mol. The van der Waals surface area contributed by atoms with Gasteiger partial charge in [-0.25, -0.2) is 4.98 Å². The Morgan fingerprint density at radius 1 is 1.31 bits per heavy atom. The third kappa shape index (κ3) is 6.29. The van der Waals surface area contributed by atoms with Crippen LogP contribution in [0.2, 0.25) is 0 Å². The van der Waals surface area contributed by atoms with E-state index >= 15 is 0 Å². The molecule has 156 valence electrons. The highest BCUT2D eigenvalue weighted by Gasteiger charge is 2.21. The number of aryl methyl sites for hydroxylation is 1. The summed E-state index contributed by atoms with van der Waals surface area (Å²) in [5.74, 6) is 1.13. The number of aromatic nitrogens is 1. The van der Waals surface area contributed by atoms with E-state index in [1.165, 1.54) is 6.42 Å². The van der Waals surface area contributed by atoms with Crippen LogP contribution in [0, 0.1) is 12.8 Å². The maximum Gasteiger partial charge on any atom is 0.227 e. The zero-order chi connectivity index (χ0) is 20.6. The van der Waals surface area contributed by atoms with Crippen molar-refractivity contribution in [3.8, 4) is 0 Å². The van der Waals surface area contributed by atoms with Crippen LogP contribution < -0.4 is 10.6 Å². The number of hydrogen-bond donors (Lipinski definition) is 2. The molecule has 1 fully saturated rings. The van der Waals surface area contributed by atoms with Crippen molar-refractivity contribution in [1.82, 2.24) is 15.2 Å². The Balaban J connectivity index is 1.54. The van der Waals surface area contributed by atoms with Crippen molar-refractivity contribution >= 4 is 28.9 Å². The number of carbonyl (C=O) groups excluding carboxylic acids is 1. The molecule has 3 rings (SSSR count). The summed E-state index contributed by atoms with van der Waals surface area (Å²) in [4.78, 5) is 23.4. The number of nitrogens with one attached hydrogen (secondary N) is 2. The standard InChI is InChI=1S/C22H31N5OS/c1-16-25-20(15-29-16)14-27(3)22(23-2)24-13-17-8-7-11-19(12-17)26-21(28)18-9-5-4-6-10-18/h7-8,11-12,15,18H,4-6,9-10,13-14H2,1-3H3,(H,23,24)(H,26,28). The van der Waals surface area contributed by atoms with Gasteiger partial charge in [0, 0.05) is 37.6 Å². The quantitative estimate of drug-likeness (QED) is 0.551. The van der Waals surface area contributed by atoms with E-state index in [2.05, 4.69) is 37.0 Å². The number of benzene rings is 1. The molecule has 0 saturated heterocycles. The molecule has 2 aromatic rings. The first-order chi connectivity index (χ1) is 14.0. The van der Waals surface area contributed by atoms with E-state index in [-0.39, 0.29) is 11.8 Å². The number of anilines is 1. The molecule has 0 radical (unpaired) electrons. The molecule has 29 heavy (non-hydrogen) atoms. The van der Waals surface area contributed by atoms with Gasteiger partial charge >= 0.3 is 0 Å². The Bertz CT molecular complexity index is 841. The summed E-state index contributed by atoms with van der Waals surface area (Å²) in [5, 5.41) is 9.65. The van der Waals surface area contributed by atoms with Gasteiger partial charge in [0.15, 0.2) is 5.96 Å². The Hall–Kier alpha value is -2.41. The fourth-order valence-corrected chi connectivity index (χ4v) is 4.34. The van der Waals surface area contributed by atoms with E-state index < -0.39 is 0 Å². The molecule has 1 aliphatic rings. The number of hydrogen-bond acceptors (Lipinski definition) is 4. The van der Waals surface area contributed by atoms with Crippen LogP contribution in [0.1, 0.15) is 48.4 Å². The molecule has 0 spiro atoms. The lowest BCUT2D eigenvalue weighted by molar-refractivity contribution is -0.120. The molecule has 1 saturated carbocycles. The summed E-state index contributed by atoms with van der Waals surface area (Å²) in [6, 6.07) is 8.03. The van der Waals surface area contributed by atoms with E-state index in [1.807, 2.05) is 32.2 Å². The van der Waals surface area contributed by atoms with Gasteiger partial charge in [0.25, 0.3) is 0 Å². The molecule has 6 nitrogen and oxygen atoms in total. The minimum absolute atomic E-state index is 0.156. The van der Waals surface area contributed by atoms with Crippen LogP contribution >= 0.6 is 11.3 Å². The summed E-state index contributed by atoms with van der Waals surface area (Å²) >= 11 is 1.66. The smallest absolute Gasteiger partial charge is 0.227 e. The van der Waals surface area contributed by atoms with Crippen molar-refractivity contribution in [3.63, 3.8) is 0 Å². The molecule has 2 N–H and O–H groups in total. The van der Waals surface area contributed by atoms with Crippen molar-refractivity contribution in [1.29, 1.82) is 0 Å². The first kappa shape index (κ1) is 21.3. The first-order valence-corrected chi connectivity index (χ1v) is 11.2. The third-order valence-electron chi connectivity index (χ3n) is 5.26. The molecule has 1 aromatic heterocycles. The van der Waals surface area contributed by atoms with E-state index in [4.69, 9.17) is 0 Å². The van der Waals surface area contributed by atoms with Gasteiger partial charge in [-0.05, 0) is 37.5 Å². The average Bonchev–Trinajstić information content (AvgIpc) is 3.14. The Morgan fingerprint density at radius 2 is 2.10 bits per heavy atom. The molecule has 1 heterocycles. The fraction of sp³-hybridized carbons (Fsp3) is 0.500. The van der Waals surface area contributed by atoms with Gasteiger partial charge in [-0.2, -0.15) is 0 Å². The van der Waals surface area contributed by atoms with Crippen LogP contribution in [0.25, 0.3) is 0 Å². The lowest BCUT2D eigenvalue weighted by atomic mass is 9.88. The highest BCUT2D eigenvalue weighted by Crippen LogP contribution is 2.25. The molecule has 1 aromatic carbocycles. The molecule has 0 bridgehead atoms. The number of guanidine groups is 1. The first-order valence-electron chi connectivity index (χ1n) is 10.3. The Morgan fingerprint density at radius 3 is 2.79 bits per heavy atom. The SMILES string of the molecule is CN=C(NCc1cccc(NC(=O)C2CCCCC2)c1)N(C)Cc1csc(C)n1. The predicted molar refractivity (Wildman–Crippen MR) is 120 cm³/mol. The molecule has 0 aliphatic heterocycles. The summed E-state index contributed by atoms with van der Waals surface area (Å²) in [6.45, 7) is 3.36. The molecule has 1 amide bonds. The lowest BCUT2D eigenvalue weighted by Crippen LogP contribution is -2.38. The lowest BCUT2D eigenvalue weighted by Gasteiger charge is -2.22. The minimum atomic E-state index is 0.156. The van der Waals surface area contributed by atoms with Gasteiger partial charge in [0.05, 0.1) is 17.2 Å². The summed E-state index contributed by atoms with van der Waals surface area (Å²) in [7, 11) is 3.79. The number of thiazole rings is 1. The van der Waals surface area contributed by atoms with E-state index in [0.29, 0.717) is 13.1 Å². The van der Waals surface area contributed by atoms with Crippen LogP contribution in [-0.4, -0.2) is 35.8 Å². The number of nitrogens with zero attached hydrogens (tertiary/aromatic N) is 3. The van der Waals surface area contributed by atoms with Crippen molar-refractivity contribution in [2.45, 2.75) is 52.1 Å². The van der Waals surface area contributed by atoms with Crippen LogP contribution in [0.4, 0.5) is 5.69 Å². The number of rotatable bonds is 6. The molecular weight excluding hydrogens is 382 g/mol. The van der Waals surface area contributed by atoms with Gasteiger partial charge in [-0.1, -0.05) is 31.4 Å². The topological polar surface area (TPSA) is 69.6 Å². The van der Waals surface area contributed by atoms with Gasteiger partial charge in [0.1, 0.15) is 0 Å². The van der Waals surface area contributed by atoms with Crippen LogP contribution in [-0.2, 0) is 17.9 Å². The predicted octanol–water partition coefficient (Wildman–Crippen LogP) is 4.18. The fourth-order valence-electron chi connectivity index (χ4n) is 3.73. The van der Waals surface area contributed by atoms with Gasteiger partial charge in [-0.15, -0.1) is 11.3 Å². The highest BCUT2D eigenvalue weighted by atomic mass is 32.1. The normalized spacial score (nSPS) is 15.2. The summed E-state index contributed by atoms with van der Waals surface area (Å²) in [6.07, 6.45) is 5.59. The minimum Gasteiger partial charge on any atom is -0.352 e. The molecule has 0 unspecified atom stereocenters. The molecule has 1 aliphatic carbocycles. The van der Waals surface area contributed by atoms with E-state index in [0.717, 1.165) is 53.6 Å². The van der Waals surface area contributed by atoms with Gasteiger partial charge in [0.2, 0.25) is 5.91 Å². The Kier molecular flexibility index (Phi) is 7.63. The number of aliphatic imine (C=N–C) groups is 1. The second-order valence-corrected chi connectivity index (χ2v) is 8.70. The maximum atomic E-state index is 12.5. The number of carbonyl (C=O) groups is 1. The van der Waals surface area contributed by atoms with Crippen LogP contribution in [0.5, 0.6) is 0 Å². The number of amides is 1. The van der Waals surface area contributed by atoms with Gasteiger partial charge in [-0.3, -0.25) is 9.79 Å². The van der Waals surface area contributed by atoms with Crippen molar-refractivity contribution < 1.29 is 4.79 Å². The highest BCUT2D eigenvalue weighted by molar-refractivity contribution is 7.09. The van der Waals surface area contributed by atoms with E-state index in [9.17, 15) is 4.79 Å². The molecule has 0 atom stereocenters. The van der Waals surface area contributed by atoms with Crippen molar-refractivity contribution in [2.75, 3.05) is 19.4 Å². The maximum absolute atomic E-state index is 12.5. The van der Waals surface area contributed by atoms with Crippen LogP contribution in [0.3, 0.4) is 0 Å². The zero-order valence-electron chi connectivity index (χ0n) is 17.6. The van der Waals surface area contributed by atoms with E-state index in [1.54, 1.807) is 18.4 Å². The molecule has 7 heteroatoms. The average molecular weight is 414 g/mol. The van der Waals surface area contributed by atoms with Crippen LogP contribution in [0.15, 0.2) is 34.6 Å². The zero-order valence-corrected chi connectivity index (χ0v) is 18.4. The molecular formula is C22H31N5OS. The van der Waals surface area contributed by atoms with Crippen molar-refractivity contribution in [3.05, 3.63) is 45.9 Å². The third-order valence-corrected chi connectivity index (χ3v) is 6.08. The van der Waals surface area contributed by atoms with Gasteiger partial charge < -0.3 is 15.5 Å². The largest absolute Gasteiger partial charge is 0.352 e. The summed E-state index contributed by atoms with van der Waals surface area (Å²) in [5.41, 5.74) is 3.01. The van der Waals surface area contributed by atoms with Crippen molar-refractivity contribution in [2.24, 2.45) is 10.9 Å². The second kappa shape index (κ2) is 10.4. The Labute approximate surface area is 177 Å². The second-order valence-electron chi connectivity index (χ2n) is 7.64. The summed E-state index contributed by atoms with van der Waals surface area (Å²) < 4.78 is 0.